The van der Waals surface area contributed by atoms with Gasteiger partial charge in [0.25, 0.3) is 0 Å². The summed E-state index contributed by atoms with van der Waals surface area (Å²) in [7, 11) is 2.99. The molecule has 1 aromatic carbocycles. The van der Waals surface area contributed by atoms with Crippen LogP contribution < -0.4 is 25.0 Å². The van der Waals surface area contributed by atoms with E-state index >= 15 is 0 Å². The zero-order valence-electron chi connectivity index (χ0n) is 25.1. The van der Waals surface area contributed by atoms with Gasteiger partial charge in [0.15, 0.2) is 5.65 Å². The van der Waals surface area contributed by atoms with Crippen LogP contribution in [0.4, 0.5) is 26.9 Å². The number of benzene rings is 1. The molecule has 14 heteroatoms. The van der Waals surface area contributed by atoms with Gasteiger partial charge in [-0.2, -0.15) is 9.61 Å². The lowest BCUT2D eigenvalue weighted by molar-refractivity contribution is 0.0523. The molecule has 0 spiro atoms. The molecule has 0 aliphatic rings. The van der Waals surface area contributed by atoms with Crippen molar-refractivity contribution in [2.45, 2.75) is 59.2 Å². The normalized spacial score (nSPS) is 11.5. The number of amides is 2. The van der Waals surface area contributed by atoms with Gasteiger partial charge in [-0.1, -0.05) is 0 Å². The summed E-state index contributed by atoms with van der Waals surface area (Å²) < 4.78 is 23.3. The Morgan fingerprint density at radius 3 is 2.36 bits per heavy atom. The third-order valence-corrected chi connectivity index (χ3v) is 5.39. The summed E-state index contributed by atoms with van der Waals surface area (Å²) >= 11 is 0. The van der Waals surface area contributed by atoms with Crippen LogP contribution in [0.2, 0.25) is 0 Å². The fraction of sp³-hybridized carbons (Fsp3) is 0.464. The van der Waals surface area contributed by atoms with Crippen molar-refractivity contribution >= 4 is 41.1 Å². The summed E-state index contributed by atoms with van der Waals surface area (Å²) in [6.45, 7) is 11.3. The van der Waals surface area contributed by atoms with Gasteiger partial charge in [-0.15, -0.1) is 0 Å². The van der Waals surface area contributed by atoms with E-state index in [-0.39, 0.29) is 22.8 Å². The number of carboxylic acid groups (broad SMARTS) is 1. The standard InChI is InChI=1S/C28H38N6O8/c1-27(2,3)41-25(37)29-12-9-13-40-17-10-11-20(39-8)19(14-17)31-21-15-22(33(7)26(38)42-28(4,5)6)34-23(32-21)18(16-30-34)24(35)36/h10-11,14-16H,9,12-13H2,1-8H3,(H,29,37)(H,31,32)(H,35,36). The first kappa shape index (κ1) is 31.8. The molecule has 3 aromatic rings. The van der Waals surface area contributed by atoms with Crippen molar-refractivity contribution < 1.29 is 38.4 Å². The zero-order valence-corrected chi connectivity index (χ0v) is 25.1. The molecule has 0 aliphatic carbocycles. The van der Waals surface area contributed by atoms with E-state index in [0.29, 0.717) is 36.8 Å². The first-order valence-corrected chi connectivity index (χ1v) is 13.2. The van der Waals surface area contributed by atoms with Crippen molar-refractivity contribution in [3.05, 3.63) is 36.0 Å². The highest BCUT2D eigenvalue weighted by Crippen LogP contribution is 2.33. The number of aromatic carboxylic acids is 1. The van der Waals surface area contributed by atoms with Gasteiger partial charge >= 0.3 is 18.2 Å². The quantitative estimate of drug-likeness (QED) is 0.278. The third kappa shape index (κ3) is 8.62. The number of fused-ring (bicyclic) bond motifs is 1. The minimum atomic E-state index is -1.23. The molecule has 2 heterocycles. The summed E-state index contributed by atoms with van der Waals surface area (Å²) in [5.41, 5.74) is -0.996. The Hall–Kier alpha value is -4.75. The number of ether oxygens (including phenoxy) is 4. The number of carbonyl (C=O) groups excluding carboxylic acids is 2. The molecule has 228 valence electrons. The summed E-state index contributed by atoms with van der Waals surface area (Å²) in [6, 6.07) is 6.65. The van der Waals surface area contributed by atoms with Gasteiger partial charge in [0.05, 0.1) is 25.6 Å². The number of alkyl carbamates (subject to hydrolysis) is 1. The number of hydrogen-bond acceptors (Lipinski definition) is 10. The molecule has 2 aromatic heterocycles. The molecule has 0 radical (unpaired) electrons. The van der Waals surface area contributed by atoms with Crippen LogP contribution >= 0.6 is 0 Å². The Bertz CT molecular complexity index is 1440. The lowest BCUT2D eigenvalue weighted by Crippen LogP contribution is -2.35. The average molecular weight is 587 g/mol. The Morgan fingerprint density at radius 2 is 1.74 bits per heavy atom. The monoisotopic (exact) mass is 586 g/mol. The topological polar surface area (TPSA) is 166 Å². The number of nitrogens with one attached hydrogen (secondary N) is 2. The maximum absolute atomic E-state index is 12.8. The van der Waals surface area contributed by atoms with Crippen LogP contribution in [0.1, 0.15) is 58.3 Å². The van der Waals surface area contributed by atoms with Gasteiger partial charge < -0.3 is 34.7 Å². The molecule has 14 nitrogen and oxygen atoms in total. The molecule has 0 fully saturated rings. The minimum absolute atomic E-state index is 0.0155. The van der Waals surface area contributed by atoms with Crippen LogP contribution in [0.3, 0.4) is 0 Å². The summed E-state index contributed by atoms with van der Waals surface area (Å²) in [6.07, 6.45) is 0.533. The number of aromatic nitrogens is 3. The van der Waals surface area contributed by atoms with Crippen LogP contribution in [0, 0.1) is 0 Å². The van der Waals surface area contributed by atoms with E-state index in [1.54, 1.807) is 59.7 Å². The Labute approximate surface area is 243 Å². The number of carboxylic acids is 1. The lowest BCUT2D eigenvalue weighted by Gasteiger charge is -2.25. The SMILES string of the molecule is COc1ccc(OCCCNC(=O)OC(C)(C)C)cc1Nc1cc(N(C)C(=O)OC(C)(C)C)n2ncc(C(=O)O)c2n1. The van der Waals surface area contributed by atoms with Crippen LogP contribution in [0.15, 0.2) is 30.5 Å². The van der Waals surface area contributed by atoms with Crippen molar-refractivity contribution in [2.75, 3.05) is 37.5 Å². The number of nitrogens with zero attached hydrogens (tertiary/aromatic N) is 4. The number of methoxy groups -OCH3 is 1. The molecule has 0 unspecified atom stereocenters. The molecule has 0 bridgehead atoms. The maximum atomic E-state index is 12.8. The second-order valence-electron chi connectivity index (χ2n) is 11.3. The largest absolute Gasteiger partial charge is 0.495 e. The van der Waals surface area contributed by atoms with E-state index < -0.39 is 29.4 Å². The first-order chi connectivity index (χ1) is 19.6. The molecular weight excluding hydrogens is 548 g/mol. The van der Waals surface area contributed by atoms with E-state index in [1.165, 1.54) is 29.6 Å². The van der Waals surface area contributed by atoms with Gasteiger partial charge in [-0.25, -0.2) is 19.4 Å². The number of rotatable bonds is 10. The number of hydrogen-bond donors (Lipinski definition) is 3. The molecule has 0 saturated heterocycles. The van der Waals surface area contributed by atoms with Crippen LogP contribution in [0.5, 0.6) is 11.5 Å². The molecular formula is C28H38N6O8. The van der Waals surface area contributed by atoms with Crippen LogP contribution in [-0.2, 0) is 9.47 Å². The predicted octanol–water partition coefficient (Wildman–Crippen LogP) is 4.84. The number of anilines is 3. The Kier molecular flexibility index (Phi) is 9.71. The van der Waals surface area contributed by atoms with Gasteiger partial charge in [-0.3, -0.25) is 4.90 Å². The highest BCUT2D eigenvalue weighted by Gasteiger charge is 2.25. The van der Waals surface area contributed by atoms with E-state index in [9.17, 15) is 19.5 Å². The van der Waals surface area contributed by atoms with Crippen molar-refractivity contribution in [3.63, 3.8) is 0 Å². The fourth-order valence-corrected chi connectivity index (χ4v) is 3.60. The Morgan fingerprint density at radius 1 is 1.05 bits per heavy atom. The van der Waals surface area contributed by atoms with Gasteiger partial charge in [-0.05, 0) is 60.1 Å². The molecule has 3 rings (SSSR count). The van der Waals surface area contributed by atoms with E-state index in [0.717, 1.165) is 6.20 Å². The van der Waals surface area contributed by atoms with E-state index in [4.69, 9.17) is 18.9 Å². The van der Waals surface area contributed by atoms with Gasteiger partial charge in [0, 0.05) is 25.7 Å². The third-order valence-electron chi connectivity index (χ3n) is 5.39. The molecule has 0 saturated carbocycles. The first-order valence-electron chi connectivity index (χ1n) is 13.2. The van der Waals surface area contributed by atoms with Gasteiger partial charge in [0.1, 0.15) is 39.9 Å². The summed E-state index contributed by atoms with van der Waals surface area (Å²) in [5, 5.41) is 19.6. The molecule has 3 N–H and O–H groups in total. The maximum Gasteiger partial charge on any atom is 0.415 e. The fourth-order valence-electron chi connectivity index (χ4n) is 3.60. The second-order valence-corrected chi connectivity index (χ2v) is 11.3. The van der Waals surface area contributed by atoms with E-state index in [1.807, 2.05) is 0 Å². The molecule has 42 heavy (non-hydrogen) atoms. The van der Waals surface area contributed by atoms with Crippen molar-refractivity contribution in [1.82, 2.24) is 19.9 Å². The average Bonchev–Trinajstić information content (AvgIpc) is 3.30. The second kappa shape index (κ2) is 12.8. The van der Waals surface area contributed by atoms with Crippen molar-refractivity contribution in [2.24, 2.45) is 0 Å². The van der Waals surface area contributed by atoms with E-state index in [2.05, 4.69) is 20.7 Å². The molecule has 2 amide bonds. The highest BCUT2D eigenvalue weighted by atomic mass is 16.6. The molecule has 0 aliphatic heterocycles. The van der Waals surface area contributed by atoms with Gasteiger partial charge in [0.2, 0.25) is 0 Å². The smallest absolute Gasteiger partial charge is 0.415 e. The van der Waals surface area contributed by atoms with Crippen LogP contribution in [-0.4, -0.2) is 76.4 Å². The lowest BCUT2D eigenvalue weighted by atomic mass is 10.2. The van der Waals surface area contributed by atoms with Crippen molar-refractivity contribution in [3.8, 4) is 11.5 Å². The zero-order chi connectivity index (χ0) is 31.2. The molecule has 0 atom stereocenters. The predicted molar refractivity (Wildman–Crippen MR) is 155 cm³/mol. The summed E-state index contributed by atoms with van der Waals surface area (Å²) in [4.78, 5) is 42.2. The van der Waals surface area contributed by atoms with Crippen LogP contribution in [0.25, 0.3) is 5.65 Å². The Balaban J connectivity index is 1.83. The minimum Gasteiger partial charge on any atom is -0.495 e. The number of carbonyl (C=O) groups is 3. The van der Waals surface area contributed by atoms with Crippen molar-refractivity contribution in [1.29, 1.82) is 0 Å². The highest BCUT2D eigenvalue weighted by molar-refractivity contribution is 5.95. The summed E-state index contributed by atoms with van der Waals surface area (Å²) in [5.74, 6) is 0.179.